The molecule has 0 radical (unpaired) electrons. The lowest BCUT2D eigenvalue weighted by Crippen LogP contribution is -2.16. The van der Waals surface area contributed by atoms with Gasteiger partial charge in [-0.05, 0) is 36.4 Å². The molecule has 0 saturated heterocycles. The minimum absolute atomic E-state index is 0.0282. The van der Waals surface area contributed by atoms with Gasteiger partial charge in [-0.3, -0.25) is 0 Å². The van der Waals surface area contributed by atoms with E-state index in [1.807, 2.05) is 0 Å². The molecule has 0 aliphatic carbocycles. The maximum Gasteiger partial charge on any atom is 0.442 e. The number of sulfone groups is 1. The van der Waals surface area contributed by atoms with Crippen LogP contribution in [-0.4, -0.2) is 19.7 Å². The molecule has 0 bridgehead atoms. The van der Waals surface area contributed by atoms with Gasteiger partial charge in [-0.25, -0.2) is 8.42 Å². The van der Waals surface area contributed by atoms with Crippen LogP contribution in [0.5, 0.6) is 0 Å². The number of alkyl halides is 3. The van der Waals surface area contributed by atoms with Crippen LogP contribution in [0.2, 0.25) is 0 Å². The highest BCUT2D eigenvalue weighted by molar-refractivity contribution is 8.01. The summed E-state index contributed by atoms with van der Waals surface area (Å²) in [6, 6.07) is 14.0. The first-order chi connectivity index (χ1) is 10.7. The van der Waals surface area contributed by atoms with E-state index in [-0.39, 0.29) is 16.7 Å². The molecule has 124 valence electrons. The summed E-state index contributed by atoms with van der Waals surface area (Å²) in [5, 5.41) is -1.21. The normalized spacial score (nSPS) is 13.7. The van der Waals surface area contributed by atoms with Crippen LogP contribution < -0.4 is 0 Å². The van der Waals surface area contributed by atoms with Crippen molar-refractivity contribution in [1.82, 2.24) is 0 Å². The van der Waals surface area contributed by atoms with E-state index in [0.717, 1.165) is 5.56 Å². The van der Waals surface area contributed by atoms with E-state index in [4.69, 9.17) is 0 Å². The third-order valence-corrected chi connectivity index (χ3v) is 6.13. The molecule has 2 rings (SSSR count). The molecule has 1 unspecified atom stereocenters. The van der Waals surface area contributed by atoms with Gasteiger partial charge in [0.25, 0.3) is 0 Å². The minimum Gasteiger partial charge on any atom is -0.224 e. The monoisotopic (exact) mass is 360 g/mol. The van der Waals surface area contributed by atoms with Crippen LogP contribution in [0.1, 0.15) is 16.4 Å². The summed E-state index contributed by atoms with van der Waals surface area (Å²) < 4.78 is 63.3. The van der Waals surface area contributed by atoms with Crippen molar-refractivity contribution >= 4 is 21.6 Å². The molecule has 0 heterocycles. The van der Waals surface area contributed by atoms with Gasteiger partial charge < -0.3 is 0 Å². The molecule has 2 aromatic rings. The predicted octanol–water partition coefficient (Wildman–Crippen LogP) is 4.76. The fourth-order valence-corrected chi connectivity index (χ4v) is 4.92. The first kappa shape index (κ1) is 17.9. The van der Waals surface area contributed by atoms with Gasteiger partial charge in [-0.1, -0.05) is 48.0 Å². The smallest absolute Gasteiger partial charge is 0.224 e. The molecule has 0 fully saturated rings. The zero-order valence-corrected chi connectivity index (χ0v) is 13.9. The molecule has 0 amide bonds. The van der Waals surface area contributed by atoms with Gasteiger partial charge in [-0.15, -0.1) is 0 Å². The van der Waals surface area contributed by atoms with E-state index in [9.17, 15) is 21.6 Å². The summed E-state index contributed by atoms with van der Waals surface area (Å²) in [7, 11) is -3.81. The molecule has 0 spiro atoms. The van der Waals surface area contributed by atoms with Gasteiger partial charge >= 0.3 is 5.51 Å². The molecule has 0 aliphatic rings. The van der Waals surface area contributed by atoms with Gasteiger partial charge in [0.15, 0.2) is 9.84 Å². The number of hydrogen-bond donors (Lipinski definition) is 0. The Morgan fingerprint density at radius 2 is 1.70 bits per heavy atom. The molecule has 0 N–H and O–H groups in total. The lowest BCUT2D eigenvalue weighted by molar-refractivity contribution is -0.0333. The van der Waals surface area contributed by atoms with Crippen molar-refractivity contribution in [2.24, 2.45) is 0 Å². The van der Waals surface area contributed by atoms with Gasteiger partial charge in [-0.2, -0.15) is 13.2 Å². The minimum atomic E-state index is -4.51. The molecular formula is C16H15F3O2S2. The number of benzene rings is 2. The second kappa shape index (κ2) is 6.97. The van der Waals surface area contributed by atoms with Crippen LogP contribution in [0.15, 0.2) is 59.5 Å². The number of halogens is 3. The van der Waals surface area contributed by atoms with Crippen molar-refractivity contribution in [3.63, 3.8) is 0 Å². The average molecular weight is 360 g/mol. The second-order valence-electron chi connectivity index (χ2n) is 5.06. The van der Waals surface area contributed by atoms with Crippen molar-refractivity contribution in [1.29, 1.82) is 0 Å². The van der Waals surface area contributed by atoms with Gasteiger partial charge in [0.05, 0.1) is 15.9 Å². The number of thioether (sulfide) groups is 1. The summed E-state index contributed by atoms with van der Waals surface area (Å²) in [6.07, 6.45) is 0. The highest BCUT2D eigenvalue weighted by Crippen LogP contribution is 2.43. The first-order valence-electron chi connectivity index (χ1n) is 6.76. The topological polar surface area (TPSA) is 34.1 Å². The van der Waals surface area contributed by atoms with Crippen LogP contribution in [0.4, 0.5) is 13.2 Å². The third-order valence-electron chi connectivity index (χ3n) is 3.16. The van der Waals surface area contributed by atoms with E-state index in [1.54, 1.807) is 43.3 Å². The zero-order valence-electron chi connectivity index (χ0n) is 12.2. The van der Waals surface area contributed by atoms with Crippen molar-refractivity contribution in [2.45, 2.75) is 22.6 Å². The molecule has 2 nitrogen and oxygen atoms in total. The van der Waals surface area contributed by atoms with E-state index < -0.39 is 26.3 Å². The predicted molar refractivity (Wildman–Crippen MR) is 86.1 cm³/mol. The number of rotatable bonds is 5. The van der Waals surface area contributed by atoms with Crippen LogP contribution in [0.3, 0.4) is 0 Å². The van der Waals surface area contributed by atoms with E-state index in [0.29, 0.717) is 5.56 Å². The van der Waals surface area contributed by atoms with Crippen molar-refractivity contribution in [3.05, 3.63) is 65.7 Å². The Balaban J connectivity index is 2.35. The highest BCUT2D eigenvalue weighted by Gasteiger charge is 2.36. The third kappa shape index (κ3) is 5.28. The Bertz CT molecular complexity index is 756. The van der Waals surface area contributed by atoms with Crippen molar-refractivity contribution in [3.8, 4) is 0 Å². The molecular weight excluding hydrogens is 345 g/mol. The Hall–Kier alpha value is -1.47. The zero-order chi connectivity index (χ0) is 17.1. The molecule has 1 atom stereocenters. The molecule has 7 heteroatoms. The maximum absolute atomic E-state index is 12.8. The summed E-state index contributed by atoms with van der Waals surface area (Å²) in [5.41, 5.74) is -3.38. The summed E-state index contributed by atoms with van der Waals surface area (Å²) in [5.74, 6) is -0.607. The van der Waals surface area contributed by atoms with Gasteiger partial charge in [0.2, 0.25) is 0 Å². The summed E-state index contributed by atoms with van der Waals surface area (Å²) in [6.45, 7) is 1.75. The summed E-state index contributed by atoms with van der Waals surface area (Å²) in [4.78, 5) is 0.0282. The largest absolute Gasteiger partial charge is 0.442 e. The summed E-state index contributed by atoms with van der Waals surface area (Å²) >= 11 is -0.294. The lowest BCUT2D eigenvalue weighted by atomic mass is 10.1. The Morgan fingerprint density at radius 3 is 2.26 bits per heavy atom. The molecule has 23 heavy (non-hydrogen) atoms. The fraction of sp³-hybridized carbons (Fsp3) is 0.250. The lowest BCUT2D eigenvalue weighted by Gasteiger charge is -2.19. The van der Waals surface area contributed by atoms with E-state index in [2.05, 4.69) is 0 Å². The van der Waals surface area contributed by atoms with Crippen LogP contribution in [-0.2, 0) is 9.84 Å². The van der Waals surface area contributed by atoms with Crippen LogP contribution >= 0.6 is 11.8 Å². The Morgan fingerprint density at radius 1 is 1.04 bits per heavy atom. The van der Waals surface area contributed by atoms with Crippen molar-refractivity contribution < 1.29 is 21.6 Å². The SMILES string of the molecule is Cc1cccc(C(CS(=O)(=O)c2ccccc2)SC(F)(F)F)c1. The Kier molecular flexibility index (Phi) is 5.41. The van der Waals surface area contributed by atoms with Gasteiger partial charge in [0, 0.05) is 0 Å². The molecule has 2 aromatic carbocycles. The number of aryl methyl sites for hydroxylation is 1. The van der Waals surface area contributed by atoms with Crippen molar-refractivity contribution in [2.75, 3.05) is 5.75 Å². The fourth-order valence-electron chi connectivity index (χ4n) is 2.15. The highest BCUT2D eigenvalue weighted by atomic mass is 32.2. The quantitative estimate of drug-likeness (QED) is 0.771. The number of hydrogen-bond acceptors (Lipinski definition) is 3. The second-order valence-corrected chi connectivity index (χ2v) is 8.36. The van der Waals surface area contributed by atoms with E-state index in [1.165, 1.54) is 18.2 Å². The Labute approximate surface area is 137 Å². The molecule has 0 saturated carbocycles. The molecule has 0 aromatic heterocycles. The van der Waals surface area contributed by atoms with E-state index >= 15 is 0 Å². The molecule has 0 aliphatic heterocycles. The van der Waals surface area contributed by atoms with Crippen LogP contribution in [0, 0.1) is 6.92 Å². The first-order valence-corrected chi connectivity index (χ1v) is 9.29. The average Bonchev–Trinajstić information content (AvgIpc) is 2.46. The standard InChI is InChI=1S/C16H15F3O2S2/c1-12-6-5-7-13(10-12)15(22-16(17,18)19)11-23(20,21)14-8-3-2-4-9-14/h2-10,15H,11H2,1H3. The van der Waals surface area contributed by atoms with Crippen LogP contribution in [0.25, 0.3) is 0 Å². The maximum atomic E-state index is 12.8. The van der Waals surface area contributed by atoms with Gasteiger partial charge in [0.1, 0.15) is 0 Å².